The van der Waals surface area contributed by atoms with Gasteiger partial charge in [0.25, 0.3) is 5.91 Å². The number of aromatic nitrogens is 2. The lowest BCUT2D eigenvalue weighted by Crippen LogP contribution is -2.24. The number of carbonyl (C=O) groups is 1. The fraction of sp³-hybridized carbons (Fsp3) is 0.200. The van der Waals surface area contributed by atoms with E-state index in [1.165, 1.54) is 6.07 Å². The molecule has 4 aromatic rings. The third-order valence-electron chi connectivity index (χ3n) is 5.16. The molecule has 1 amide bonds. The van der Waals surface area contributed by atoms with Crippen molar-refractivity contribution < 1.29 is 22.7 Å². The van der Waals surface area contributed by atoms with Gasteiger partial charge in [-0.25, -0.2) is 0 Å². The summed E-state index contributed by atoms with van der Waals surface area (Å²) in [5.74, 6) is -0.258. The van der Waals surface area contributed by atoms with E-state index in [-0.39, 0.29) is 18.2 Å². The Balaban J connectivity index is 1.48. The van der Waals surface area contributed by atoms with E-state index in [0.29, 0.717) is 17.5 Å². The van der Waals surface area contributed by atoms with Crippen LogP contribution in [0.25, 0.3) is 10.9 Å². The van der Waals surface area contributed by atoms with Gasteiger partial charge < -0.3 is 10.1 Å². The second-order valence-corrected chi connectivity index (χ2v) is 7.79. The number of benzene rings is 3. The summed E-state index contributed by atoms with van der Waals surface area (Å²) in [6.07, 6.45) is -3.79. The first-order chi connectivity index (χ1) is 15.8. The van der Waals surface area contributed by atoms with E-state index < -0.39 is 12.8 Å². The Morgan fingerprint density at radius 3 is 2.67 bits per heavy atom. The molecular formula is C25H22F3N3O2. The summed E-state index contributed by atoms with van der Waals surface area (Å²) in [5, 5.41) is 11.0. The van der Waals surface area contributed by atoms with Gasteiger partial charge in [-0.15, -0.1) is 0 Å². The molecule has 4 rings (SSSR count). The lowest BCUT2D eigenvalue weighted by Gasteiger charge is -2.13. The fourth-order valence-electron chi connectivity index (χ4n) is 3.59. The van der Waals surface area contributed by atoms with Crippen LogP contribution in [-0.2, 0) is 13.0 Å². The average molecular weight is 453 g/mol. The third-order valence-corrected chi connectivity index (χ3v) is 5.16. The molecule has 0 aliphatic carbocycles. The van der Waals surface area contributed by atoms with Gasteiger partial charge in [-0.05, 0) is 36.8 Å². The van der Waals surface area contributed by atoms with Crippen LogP contribution in [0, 0.1) is 6.92 Å². The van der Waals surface area contributed by atoms with Gasteiger partial charge in [0, 0.05) is 35.2 Å². The second-order valence-electron chi connectivity index (χ2n) is 7.79. The smallest absolute Gasteiger partial charge is 0.422 e. The molecule has 0 aliphatic rings. The Labute approximate surface area is 188 Å². The van der Waals surface area contributed by atoms with E-state index in [1.54, 1.807) is 36.4 Å². The standard InChI is InChI=1S/C25H22F3N3O2/c1-16-5-4-6-17(11-16)12-22-20-13-18(9-10-21(20)30-31-22)24(32)29-14-19-7-2-3-8-23(19)33-15-25(26,27)28/h2-11,13H,12,14-15H2,1H3,(H,29,32)(H,30,31). The monoisotopic (exact) mass is 453 g/mol. The molecule has 3 aromatic carbocycles. The number of H-pyrrole nitrogens is 1. The van der Waals surface area contributed by atoms with E-state index in [0.717, 1.165) is 27.7 Å². The lowest BCUT2D eigenvalue weighted by molar-refractivity contribution is -0.153. The minimum Gasteiger partial charge on any atom is -0.484 e. The molecule has 33 heavy (non-hydrogen) atoms. The third kappa shape index (κ3) is 5.71. The van der Waals surface area contributed by atoms with Crippen LogP contribution in [-0.4, -0.2) is 28.9 Å². The molecule has 0 aliphatic heterocycles. The summed E-state index contributed by atoms with van der Waals surface area (Å²) in [5.41, 5.74) is 4.83. The molecule has 0 atom stereocenters. The van der Waals surface area contributed by atoms with Gasteiger partial charge in [0.1, 0.15) is 5.75 Å². The van der Waals surface area contributed by atoms with E-state index in [9.17, 15) is 18.0 Å². The van der Waals surface area contributed by atoms with Crippen molar-refractivity contribution in [2.24, 2.45) is 0 Å². The van der Waals surface area contributed by atoms with Gasteiger partial charge in [0.15, 0.2) is 6.61 Å². The van der Waals surface area contributed by atoms with E-state index in [1.807, 2.05) is 25.1 Å². The Morgan fingerprint density at radius 1 is 1.06 bits per heavy atom. The van der Waals surface area contributed by atoms with Crippen LogP contribution in [0.1, 0.15) is 32.7 Å². The number of nitrogens with zero attached hydrogens (tertiary/aromatic N) is 1. The van der Waals surface area contributed by atoms with Crippen molar-refractivity contribution in [1.29, 1.82) is 0 Å². The highest BCUT2D eigenvalue weighted by Crippen LogP contribution is 2.23. The molecule has 0 radical (unpaired) electrons. The molecule has 1 heterocycles. The molecule has 1 aromatic heterocycles. The van der Waals surface area contributed by atoms with E-state index in [4.69, 9.17) is 4.74 Å². The number of hydrogen-bond donors (Lipinski definition) is 2. The van der Waals surface area contributed by atoms with Crippen molar-refractivity contribution in [3.63, 3.8) is 0 Å². The predicted molar refractivity (Wildman–Crippen MR) is 119 cm³/mol. The number of para-hydroxylation sites is 1. The maximum atomic E-state index is 12.8. The molecule has 8 heteroatoms. The number of nitrogens with one attached hydrogen (secondary N) is 2. The Morgan fingerprint density at radius 2 is 1.88 bits per heavy atom. The minimum absolute atomic E-state index is 0.0342. The Bertz CT molecular complexity index is 1280. The molecule has 0 saturated carbocycles. The molecule has 2 N–H and O–H groups in total. The number of carbonyl (C=O) groups excluding carboxylic acids is 1. The van der Waals surface area contributed by atoms with Gasteiger partial charge >= 0.3 is 6.18 Å². The number of halogens is 3. The number of rotatable bonds is 7. The topological polar surface area (TPSA) is 67.0 Å². The molecule has 0 fully saturated rings. The summed E-state index contributed by atoms with van der Waals surface area (Å²) in [6.45, 7) is 0.675. The SMILES string of the molecule is Cc1cccc(Cc2[nH]nc3ccc(C(=O)NCc4ccccc4OCC(F)(F)F)cc23)c1. The molecule has 170 valence electrons. The van der Waals surface area contributed by atoms with Gasteiger partial charge in [-0.2, -0.15) is 18.3 Å². The van der Waals surface area contributed by atoms with Crippen LogP contribution in [0.5, 0.6) is 5.75 Å². The van der Waals surface area contributed by atoms with Crippen LogP contribution in [0.2, 0.25) is 0 Å². The molecule has 0 spiro atoms. The number of fused-ring (bicyclic) bond motifs is 1. The van der Waals surface area contributed by atoms with Crippen LogP contribution < -0.4 is 10.1 Å². The van der Waals surface area contributed by atoms with Crippen molar-refractivity contribution in [1.82, 2.24) is 15.5 Å². The first-order valence-electron chi connectivity index (χ1n) is 10.4. The van der Waals surface area contributed by atoms with Crippen molar-refractivity contribution >= 4 is 16.8 Å². The maximum absolute atomic E-state index is 12.8. The van der Waals surface area contributed by atoms with Crippen LogP contribution in [0.4, 0.5) is 13.2 Å². The number of ether oxygens (including phenoxy) is 1. The van der Waals surface area contributed by atoms with E-state index >= 15 is 0 Å². The highest BCUT2D eigenvalue weighted by Gasteiger charge is 2.28. The van der Waals surface area contributed by atoms with E-state index in [2.05, 4.69) is 21.6 Å². The fourth-order valence-corrected chi connectivity index (χ4v) is 3.59. The van der Waals surface area contributed by atoms with Crippen LogP contribution in [0.3, 0.4) is 0 Å². The second kappa shape index (κ2) is 9.36. The van der Waals surface area contributed by atoms with Crippen LogP contribution in [0.15, 0.2) is 66.7 Å². The number of alkyl halides is 3. The zero-order chi connectivity index (χ0) is 23.4. The maximum Gasteiger partial charge on any atom is 0.422 e. The molecule has 0 unspecified atom stereocenters. The Kier molecular flexibility index (Phi) is 6.35. The number of hydrogen-bond acceptors (Lipinski definition) is 3. The predicted octanol–water partition coefficient (Wildman–Crippen LogP) is 5.33. The first kappa shape index (κ1) is 22.4. The van der Waals surface area contributed by atoms with Crippen molar-refractivity contribution in [2.45, 2.75) is 26.1 Å². The zero-order valence-electron chi connectivity index (χ0n) is 17.9. The van der Waals surface area contributed by atoms with Gasteiger partial charge in [-0.1, -0.05) is 48.0 Å². The highest BCUT2D eigenvalue weighted by molar-refractivity contribution is 5.98. The van der Waals surface area contributed by atoms with Crippen LogP contribution >= 0.6 is 0 Å². The van der Waals surface area contributed by atoms with Gasteiger partial charge in [-0.3, -0.25) is 9.89 Å². The summed E-state index contributed by atoms with van der Waals surface area (Å²) in [4.78, 5) is 12.8. The number of aryl methyl sites for hydroxylation is 1. The summed E-state index contributed by atoms with van der Waals surface area (Å²) >= 11 is 0. The molecule has 0 bridgehead atoms. The average Bonchev–Trinajstić information content (AvgIpc) is 3.18. The summed E-state index contributed by atoms with van der Waals surface area (Å²) in [7, 11) is 0. The summed E-state index contributed by atoms with van der Waals surface area (Å²) in [6, 6.07) is 19.7. The highest BCUT2D eigenvalue weighted by atomic mass is 19.4. The van der Waals surface area contributed by atoms with Gasteiger partial charge in [0.2, 0.25) is 0 Å². The number of amides is 1. The van der Waals surface area contributed by atoms with Crippen molar-refractivity contribution in [3.05, 3.63) is 94.7 Å². The summed E-state index contributed by atoms with van der Waals surface area (Å²) < 4.78 is 42.4. The van der Waals surface area contributed by atoms with Gasteiger partial charge in [0.05, 0.1) is 5.52 Å². The normalized spacial score (nSPS) is 11.5. The number of aromatic amines is 1. The largest absolute Gasteiger partial charge is 0.484 e. The quantitative estimate of drug-likeness (QED) is 0.397. The zero-order valence-corrected chi connectivity index (χ0v) is 17.9. The minimum atomic E-state index is -4.44. The molecular weight excluding hydrogens is 431 g/mol. The molecule has 5 nitrogen and oxygen atoms in total. The Hall–Kier alpha value is -3.81. The molecule has 0 saturated heterocycles. The first-order valence-corrected chi connectivity index (χ1v) is 10.4. The van der Waals surface area contributed by atoms with Crippen molar-refractivity contribution in [3.8, 4) is 5.75 Å². The van der Waals surface area contributed by atoms with Crippen molar-refractivity contribution in [2.75, 3.05) is 6.61 Å². The lowest BCUT2D eigenvalue weighted by atomic mass is 10.0.